The summed E-state index contributed by atoms with van der Waals surface area (Å²) in [5.74, 6) is 1.01. The number of rotatable bonds is 6. The standard InChI is InChI=1S/C17H19NO6/c1-21-13-6-5-11(9-12(13)19)18-17(20)10-7-14(22-2)16(24-4)15(8-10)23-3/h5-9,19H,1-4H3,(H,18,20). The van der Waals surface area contributed by atoms with E-state index in [0.29, 0.717) is 34.2 Å². The lowest BCUT2D eigenvalue weighted by Crippen LogP contribution is -2.12. The zero-order valence-corrected chi connectivity index (χ0v) is 13.9. The number of benzene rings is 2. The monoisotopic (exact) mass is 333 g/mol. The highest BCUT2D eigenvalue weighted by Gasteiger charge is 2.17. The Balaban J connectivity index is 2.31. The van der Waals surface area contributed by atoms with Crippen molar-refractivity contribution >= 4 is 11.6 Å². The molecular weight excluding hydrogens is 314 g/mol. The van der Waals surface area contributed by atoms with E-state index >= 15 is 0 Å². The topological polar surface area (TPSA) is 86.3 Å². The fourth-order valence-electron chi connectivity index (χ4n) is 2.18. The Morgan fingerprint density at radius 2 is 1.46 bits per heavy atom. The fourth-order valence-corrected chi connectivity index (χ4v) is 2.18. The van der Waals surface area contributed by atoms with Crippen LogP contribution in [0.15, 0.2) is 30.3 Å². The SMILES string of the molecule is COc1ccc(NC(=O)c2cc(OC)c(OC)c(OC)c2)cc1O. The Morgan fingerprint density at radius 3 is 1.92 bits per heavy atom. The molecule has 0 saturated carbocycles. The molecule has 7 heteroatoms. The van der Waals surface area contributed by atoms with Gasteiger partial charge in [-0.25, -0.2) is 0 Å². The highest BCUT2D eigenvalue weighted by atomic mass is 16.5. The van der Waals surface area contributed by atoms with Gasteiger partial charge in [0, 0.05) is 17.3 Å². The molecule has 7 nitrogen and oxygen atoms in total. The number of carbonyl (C=O) groups excluding carboxylic acids is 1. The van der Waals surface area contributed by atoms with Crippen LogP contribution in [0.2, 0.25) is 0 Å². The Bertz CT molecular complexity index is 719. The van der Waals surface area contributed by atoms with Gasteiger partial charge in [0.1, 0.15) is 0 Å². The van der Waals surface area contributed by atoms with Crippen LogP contribution < -0.4 is 24.3 Å². The molecule has 0 radical (unpaired) electrons. The molecule has 0 aliphatic heterocycles. The number of phenols is 1. The van der Waals surface area contributed by atoms with Crippen molar-refractivity contribution in [1.82, 2.24) is 0 Å². The van der Waals surface area contributed by atoms with Crippen molar-refractivity contribution in [3.8, 4) is 28.7 Å². The molecule has 0 spiro atoms. The van der Waals surface area contributed by atoms with Crippen LogP contribution in [-0.4, -0.2) is 39.5 Å². The number of anilines is 1. The Labute approximate surface area is 139 Å². The first kappa shape index (κ1) is 17.3. The molecule has 0 atom stereocenters. The molecule has 2 aromatic rings. The zero-order valence-electron chi connectivity index (χ0n) is 13.9. The molecule has 2 rings (SSSR count). The highest BCUT2D eigenvalue weighted by Crippen LogP contribution is 2.38. The third-order valence-electron chi connectivity index (χ3n) is 3.36. The van der Waals surface area contributed by atoms with Gasteiger partial charge in [-0.2, -0.15) is 0 Å². The average Bonchev–Trinajstić information content (AvgIpc) is 2.60. The number of amides is 1. The van der Waals surface area contributed by atoms with Crippen molar-refractivity contribution in [2.24, 2.45) is 0 Å². The maximum Gasteiger partial charge on any atom is 0.255 e. The molecule has 0 aromatic heterocycles. The van der Waals surface area contributed by atoms with Crippen molar-refractivity contribution in [2.75, 3.05) is 33.8 Å². The van der Waals surface area contributed by atoms with Gasteiger partial charge in [-0.05, 0) is 24.3 Å². The van der Waals surface area contributed by atoms with Crippen LogP contribution in [0.25, 0.3) is 0 Å². The van der Waals surface area contributed by atoms with Crippen molar-refractivity contribution < 1.29 is 28.8 Å². The van der Waals surface area contributed by atoms with E-state index in [1.165, 1.54) is 34.5 Å². The summed E-state index contributed by atoms with van der Waals surface area (Å²) in [6, 6.07) is 7.66. The summed E-state index contributed by atoms with van der Waals surface area (Å²) in [6.45, 7) is 0. The van der Waals surface area contributed by atoms with E-state index in [1.807, 2.05) is 0 Å². The van der Waals surface area contributed by atoms with Crippen LogP contribution >= 0.6 is 0 Å². The highest BCUT2D eigenvalue weighted by molar-refractivity contribution is 6.05. The summed E-state index contributed by atoms with van der Waals surface area (Å²) in [5.41, 5.74) is 0.742. The molecule has 0 aliphatic rings. The van der Waals surface area contributed by atoms with E-state index in [9.17, 15) is 9.90 Å². The largest absolute Gasteiger partial charge is 0.504 e. The minimum absolute atomic E-state index is 0.0693. The van der Waals surface area contributed by atoms with Crippen LogP contribution in [-0.2, 0) is 0 Å². The lowest BCUT2D eigenvalue weighted by Gasteiger charge is -2.14. The molecule has 0 fully saturated rings. The molecule has 128 valence electrons. The zero-order chi connectivity index (χ0) is 17.7. The molecule has 0 heterocycles. The maximum absolute atomic E-state index is 12.4. The first-order valence-electron chi connectivity index (χ1n) is 7.02. The molecule has 0 saturated heterocycles. The Morgan fingerprint density at radius 1 is 0.875 bits per heavy atom. The van der Waals surface area contributed by atoms with E-state index < -0.39 is 0 Å². The minimum atomic E-state index is -0.390. The van der Waals surface area contributed by atoms with Gasteiger partial charge in [0.25, 0.3) is 5.91 Å². The summed E-state index contributed by atoms with van der Waals surface area (Å²) >= 11 is 0. The van der Waals surface area contributed by atoms with Crippen LogP contribution in [0.3, 0.4) is 0 Å². The van der Waals surface area contributed by atoms with Gasteiger partial charge in [0.2, 0.25) is 5.75 Å². The van der Waals surface area contributed by atoms with E-state index in [1.54, 1.807) is 24.3 Å². The number of methoxy groups -OCH3 is 4. The molecule has 1 amide bonds. The van der Waals surface area contributed by atoms with Crippen LogP contribution in [0.4, 0.5) is 5.69 Å². The normalized spacial score (nSPS) is 10.0. The third kappa shape index (κ3) is 3.45. The summed E-state index contributed by atoms with van der Waals surface area (Å²) in [5, 5.41) is 12.5. The summed E-state index contributed by atoms with van der Waals surface area (Å²) in [7, 11) is 5.88. The van der Waals surface area contributed by atoms with Crippen molar-refractivity contribution in [3.05, 3.63) is 35.9 Å². The lowest BCUT2D eigenvalue weighted by atomic mass is 10.1. The number of carbonyl (C=O) groups is 1. The van der Waals surface area contributed by atoms with Crippen LogP contribution in [0.5, 0.6) is 28.7 Å². The average molecular weight is 333 g/mol. The number of ether oxygens (including phenoxy) is 4. The molecule has 0 unspecified atom stereocenters. The smallest absolute Gasteiger partial charge is 0.255 e. The second-order valence-corrected chi connectivity index (χ2v) is 4.75. The summed E-state index contributed by atoms with van der Waals surface area (Å²) in [4.78, 5) is 12.4. The van der Waals surface area contributed by atoms with E-state index in [0.717, 1.165) is 0 Å². The quantitative estimate of drug-likeness (QED) is 0.845. The maximum atomic E-state index is 12.4. The Hall–Kier alpha value is -3.09. The molecule has 2 N–H and O–H groups in total. The van der Waals surface area contributed by atoms with Gasteiger partial charge < -0.3 is 29.4 Å². The Kier molecular flexibility index (Phi) is 5.36. The fraction of sp³-hybridized carbons (Fsp3) is 0.235. The summed E-state index contributed by atoms with van der Waals surface area (Å²) in [6.07, 6.45) is 0. The van der Waals surface area contributed by atoms with E-state index in [2.05, 4.69) is 5.32 Å². The van der Waals surface area contributed by atoms with Crippen molar-refractivity contribution in [3.63, 3.8) is 0 Å². The third-order valence-corrected chi connectivity index (χ3v) is 3.36. The summed E-state index contributed by atoms with van der Waals surface area (Å²) < 4.78 is 20.6. The predicted octanol–water partition coefficient (Wildman–Crippen LogP) is 2.68. The van der Waals surface area contributed by atoms with Gasteiger partial charge in [-0.15, -0.1) is 0 Å². The number of hydrogen-bond acceptors (Lipinski definition) is 6. The van der Waals surface area contributed by atoms with E-state index in [-0.39, 0.29) is 11.7 Å². The van der Waals surface area contributed by atoms with Gasteiger partial charge in [-0.3, -0.25) is 4.79 Å². The van der Waals surface area contributed by atoms with Gasteiger partial charge in [-0.1, -0.05) is 0 Å². The van der Waals surface area contributed by atoms with Gasteiger partial charge >= 0.3 is 0 Å². The molecular formula is C17H19NO6. The van der Waals surface area contributed by atoms with Crippen LogP contribution in [0.1, 0.15) is 10.4 Å². The number of nitrogens with one attached hydrogen (secondary N) is 1. The van der Waals surface area contributed by atoms with Gasteiger partial charge in [0.05, 0.1) is 28.4 Å². The minimum Gasteiger partial charge on any atom is -0.504 e. The number of hydrogen-bond donors (Lipinski definition) is 2. The van der Waals surface area contributed by atoms with Gasteiger partial charge in [0.15, 0.2) is 23.0 Å². The molecule has 0 aliphatic carbocycles. The number of aromatic hydroxyl groups is 1. The van der Waals surface area contributed by atoms with E-state index in [4.69, 9.17) is 18.9 Å². The second kappa shape index (κ2) is 7.45. The number of phenolic OH excluding ortho intramolecular Hbond substituents is 1. The van der Waals surface area contributed by atoms with Crippen molar-refractivity contribution in [2.45, 2.75) is 0 Å². The lowest BCUT2D eigenvalue weighted by molar-refractivity contribution is 0.102. The molecule has 24 heavy (non-hydrogen) atoms. The predicted molar refractivity (Wildman–Crippen MR) is 88.7 cm³/mol. The first-order valence-corrected chi connectivity index (χ1v) is 7.02. The van der Waals surface area contributed by atoms with Crippen LogP contribution in [0, 0.1) is 0 Å². The van der Waals surface area contributed by atoms with Crippen molar-refractivity contribution in [1.29, 1.82) is 0 Å². The first-order chi connectivity index (χ1) is 11.5. The molecule has 0 bridgehead atoms. The molecule has 2 aromatic carbocycles. The second-order valence-electron chi connectivity index (χ2n) is 4.75.